The molecule has 3 N–H and O–H groups in total. The van der Waals surface area contributed by atoms with E-state index in [0.29, 0.717) is 19.0 Å². The second-order valence-corrected chi connectivity index (χ2v) is 7.88. The minimum absolute atomic E-state index is 0.00297. The molecule has 1 aliphatic rings. The van der Waals surface area contributed by atoms with E-state index in [0.717, 1.165) is 30.5 Å². The van der Waals surface area contributed by atoms with Crippen LogP contribution in [0.15, 0.2) is 6.20 Å². The molecule has 1 fully saturated rings. The summed E-state index contributed by atoms with van der Waals surface area (Å²) in [4.78, 5) is 0. The summed E-state index contributed by atoms with van der Waals surface area (Å²) in [6.07, 6.45) is 5.86. The minimum Gasteiger partial charge on any atom is -0.273 e. The first-order valence-corrected chi connectivity index (χ1v) is 9.07. The topological polar surface area (TPSA) is 93.2 Å². The normalized spacial score (nSPS) is 22.4. The quantitative estimate of drug-likeness (QED) is 0.602. The van der Waals surface area contributed by atoms with E-state index in [1.54, 1.807) is 4.31 Å². The third-order valence-corrected chi connectivity index (χ3v) is 5.64. The van der Waals surface area contributed by atoms with Gasteiger partial charge in [0.1, 0.15) is 0 Å². The van der Waals surface area contributed by atoms with Crippen molar-refractivity contribution < 1.29 is 8.42 Å². The van der Waals surface area contributed by atoms with Crippen LogP contribution in [-0.4, -0.2) is 41.8 Å². The fourth-order valence-corrected chi connectivity index (χ4v) is 3.94. The second kappa shape index (κ2) is 6.43. The summed E-state index contributed by atoms with van der Waals surface area (Å²) in [5.74, 6) is 6.02. The summed E-state index contributed by atoms with van der Waals surface area (Å²) in [5.41, 5.74) is 5.01. The maximum absolute atomic E-state index is 11.7. The molecule has 0 aromatic carbocycles. The van der Waals surface area contributed by atoms with E-state index >= 15 is 0 Å². The Balaban J connectivity index is 2.07. The van der Waals surface area contributed by atoms with Crippen molar-refractivity contribution >= 4 is 10.0 Å². The first-order valence-electron chi connectivity index (χ1n) is 7.22. The van der Waals surface area contributed by atoms with Gasteiger partial charge in [-0.05, 0) is 32.1 Å². The van der Waals surface area contributed by atoms with Crippen LogP contribution in [0.4, 0.5) is 0 Å². The maximum Gasteiger partial charge on any atom is 0.211 e. The van der Waals surface area contributed by atoms with Gasteiger partial charge in [-0.25, -0.2) is 12.7 Å². The number of hydrazine groups is 1. The van der Waals surface area contributed by atoms with Crippen molar-refractivity contribution in [2.24, 2.45) is 18.8 Å². The van der Waals surface area contributed by atoms with Gasteiger partial charge >= 0.3 is 0 Å². The predicted molar refractivity (Wildman–Crippen MR) is 81.8 cm³/mol. The summed E-state index contributed by atoms with van der Waals surface area (Å²) >= 11 is 0. The molecule has 8 heteroatoms. The van der Waals surface area contributed by atoms with E-state index in [4.69, 9.17) is 5.84 Å². The van der Waals surface area contributed by atoms with Crippen molar-refractivity contribution in [2.75, 3.05) is 19.3 Å². The Bertz CT molecular complexity index is 583. The summed E-state index contributed by atoms with van der Waals surface area (Å²) in [5, 5.41) is 4.25. The van der Waals surface area contributed by atoms with Crippen LogP contribution >= 0.6 is 0 Å². The summed E-state index contributed by atoms with van der Waals surface area (Å²) in [6, 6.07) is 0.00297. The Morgan fingerprint density at radius 2 is 2.29 bits per heavy atom. The molecule has 1 aromatic heterocycles. The van der Waals surface area contributed by atoms with Crippen LogP contribution in [-0.2, 0) is 17.1 Å². The zero-order valence-corrected chi connectivity index (χ0v) is 13.7. The van der Waals surface area contributed by atoms with Crippen LogP contribution in [0.3, 0.4) is 0 Å². The van der Waals surface area contributed by atoms with Crippen LogP contribution in [0, 0.1) is 12.8 Å². The van der Waals surface area contributed by atoms with Crippen LogP contribution in [0.25, 0.3) is 0 Å². The first-order chi connectivity index (χ1) is 9.82. The second-order valence-electron chi connectivity index (χ2n) is 5.89. The molecule has 0 radical (unpaired) electrons. The van der Waals surface area contributed by atoms with Gasteiger partial charge in [-0.1, -0.05) is 0 Å². The molecule has 2 rings (SSSR count). The molecule has 2 atom stereocenters. The third-order valence-electron chi connectivity index (χ3n) is 4.37. The standard InChI is InChI=1S/C13H25N5O2S/c1-10-12(8-15-17(10)2)13(16-14)7-11-5-4-6-18(9-11)21(3,19)20/h8,11,13,16H,4-7,9,14H2,1-3H3. The molecule has 0 aliphatic carbocycles. The van der Waals surface area contributed by atoms with Crippen LogP contribution in [0.2, 0.25) is 0 Å². The Hall–Kier alpha value is -0.960. The summed E-state index contributed by atoms with van der Waals surface area (Å²) in [7, 11) is -1.20. The molecule has 1 aromatic rings. The Kier molecular flexibility index (Phi) is 5.03. The van der Waals surface area contributed by atoms with Crippen molar-refractivity contribution in [2.45, 2.75) is 32.2 Å². The number of sulfonamides is 1. The molecule has 1 saturated heterocycles. The molecule has 0 amide bonds. The monoisotopic (exact) mass is 315 g/mol. The zero-order valence-electron chi connectivity index (χ0n) is 12.9. The molecule has 120 valence electrons. The molecule has 0 bridgehead atoms. The van der Waals surface area contributed by atoms with Crippen molar-refractivity contribution in [3.05, 3.63) is 17.5 Å². The third kappa shape index (κ3) is 3.82. The van der Waals surface area contributed by atoms with Gasteiger partial charge in [0.25, 0.3) is 0 Å². The zero-order chi connectivity index (χ0) is 15.6. The van der Waals surface area contributed by atoms with Gasteiger partial charge in [-0.3, -0.25) is 16.0 Å². The lowest BCUT2D eigenvalue weighted by Gasteiger charge is -2.32. The molecule has 1 aliphatic heterocycles. The molecule has 2 heterocycles. The first kappa shape index (κ1) is 16.4. The van der Waals surface area contributed by atoms with Gasteiger partial charge in [-0.2, -0.15) is 5.10 Å². The molecule has 2 unspecified atom stereocenters. The van der Waals surface area contributed by atoms with E-state index in [1.807, 2.05) is 24.9 Å². The average molecular weight is 315 g/mol. The van der Waals surface area contributed by atoms with Crippen LogP contribution < -0.4 is 11.3 Å². The number of aryl methyl sites for hydroxylation is 1. The largest absolute Gasteiger partial charge is 0.273 e. The number of hydrogen-bond acceptors (Lipinski definition) is 5. The molecule has 0 saturated carbocycles. The highest BCUT2D eigenvalue weighted by molar-refractivity contribution is 7.88. The number of nitrogens with one attached hydrogen (secondary N) is 1. The van der Waals surface area contributed by atoms with Gasteiger partial charge in [0.15, 0.2) is 0 Å². The molecular formula is C13H25N5O2S. The number of aromatic nitrogens is 2. The summed E-state index contributed by atoms with van der Waals surface area (Å²) in [6.45, 7) is 3.22. The predicted octanol–water partition coefficient (Wildman–Crippen LogP) is 0.295. The van der Waals surface area contributed by atoms with Crippen molar-refractivity contribution in [1.82, 2.24) is 19.5 Å². The highest BCUT2D eigenvalue weighted by Gasteiger charge is 2.28. The number of hydrogen-bond donors (Lipinski definition) is 2. The van der Waals surface area contributed by atoms with Crippen LogP contribution in [0.1, 0.15) is 36.6 Å². The number of nitrogens with zero attached hydrogens (tertiary/aromatic N) is 3. The van der Waals surface area contributed by atoms with Gasteiger partial charge in [0.2, 0.25) is 10.0 Å². The van der Waals surface area contributed by atoms with Crippen molar-refractivity contribution in [1.29, 1.82) is 0 Å². The number of piperidine rings is 1. The van der Waals surface area contributed by atoms with E-state index in [2.05, 4.69) is 10.5 Å². The average Bonchev–Trinajstić information content (AvgIpc) is 2.76. The Labute approximate surface area is 126 Å². The molecule has 21 heavy (non-hydrogen) atoms. The Morgan fingerprint density at radius 1 is 1.57 bits per heavy atom. The van der Waals surface area contributed by atoms with Crippen molar-refractivity contribution in [3.63, 3.8) is 0 Å². The highest BCUT2D eigenvalue weighted by Crippen LogP contribution is 2.29. The van der Waals surface area contributed by atoms with E-state index < -0.39 is 10.0 Å². The lowest BCUT2D eigenvalue weighted by molar-refractivity contribution is 0.238. The SMILES string of the molecule is Cc1c(C(CC2CCCN(S(C)(=O)=O)C2)NN)cnn1C. The number of nitrogens with two attached hydrogens (primary N) is 1. The minimum atomic E-state index is -3.10. The van der Waals surface area contributed by atoms with E-state index in [-0.39, 0.29) is 6.04 Å². The summed E-state index contributed by atoms with van der Waals surface area (Å²) < 4.78 is 26.8. The van der Waals surface area contributed by atoms with Gasteiger partial charge < -0.3 is 0 Å². The molecule has 0 spiro atoms. The fraction of sp³-hybridized carbons (Fsp3) is 0.769. The van der Waals surface area contributed by atoms with E-state index in [1.165, 1.54) is 6.26 Å². The van der Waals surface area contributed by atoms with Gasteiger partial charge in [0, 0.05) is 37.4 Å². The molecule has 7 nitrogen and oxygen atoms in total. The smallest absolute Gasteiger partial charge is 0.211 e. The fourth-order valence-electron chi connectivity index (χ4n) is 3.00. The van der Waals surface area contributed by atoms with Crippen LogP contribution in [0.5, 0.6) is 0 Å². The van der Waals surface area contributed by atoms with E-state index in [9.17, 15) is 8.42 Å². The van der Waals surface area contributed by atoms with Gasteiger partial charge in [0.05, 0.1) is 12.5 Å². The lowest BCUT2D eigenvalue weighted by Crippen LogP contribution is -2.41. The lowest BCUT2D eigenvalue weighted by atomic mass is 9.90. The Morgan fingerprint density at radius 3 is 2.81 bits per heavy atom. The van der Waals surface area contributed by atoms with Crippen molar-refractivity contribution in [3.8, 4) is 0 Å². The molecular weight excluding hydrogens is 290 g/mol. The van der Waals surface area contributed by atoms with Gasteiger partial charge in [-0.15, -0.1) is 0 Å². The highest BCUT2D eigenvalue weighted by atomic mass is 32.2. The number of rotatable bonds is 5. The maximum atomic E-state index is 11.7.